The van der Waals surface area contributed by atoms with Gasteiger partial charge in [0.25, 0.3) is 0 Å². The lowest BCUT2D eigenvalue weighted by atomic mass is 10.2. The third-order valence-corrected chi connectivity index (χ3v) is 3.25. The summed E-state index contributed by atoms with van der Waals surface area (Å²) in [5.74, 6) is -0.376. The first-order valence-corrected chi connectivity index (χ1v) is 6.22. The van der Waals surface area contributed by atoms with Gasteiger partial charge in [0.15, 0.2) is 0 Å². The summed E-state index contributed by atoms with van der Waals surface area (Å²) in [6.07, 6.45) is 1.76. The molecule has 0 unspecified atom stereocenters. The second-order valence-corrected chi connectivity index (χ2v) is 4.65. The smallest absolute Gasteiger partial charge is 0.146 e. The van der Waals surface area contributed by atoms with E-state index in [0.29, 0.717) is 12.1 Å². The number of hydrogen-bond acceptors (Lipinski definition) is 2. The first-order valence-electron chi connectivity index (χ1n) is 5.84. The summed E-state index contributed by atoms with van der Waals surface area (Å²) in [5, 5.41) is 11.2. The molecule has 5 heteroatoms. The van der Waals surface area contributed by atoms with E-state index in [-0.39, 0.29) is 10.8 Å². The number of nitrogens with zero attached hydrogens (tertiary/aromatic N) is 1. The first-order chi connectivity index (χ1) is 9.24. The van der Waals surface area contributed by atoms with Gasteiger partial charge in [0, 0.05) is 23.2 Å². The summed E-state index contributed by atoms with van der Waals surface area (Å²) >= 11 is 5.74. The van der Waals surface area contributed by atoms with Gasteiger partial charge in [-0.2, -0.15) is 5.10 Å². The third-order valence-electron chi connectivity index (χ3n) is 2.96. The van der Waals surface area contributed by atoms with Gasteiger partial charge in [-0.15, -0.1) is 0 Å². The minimum atomic E-state index is -0.376. The Labute approximate surface area is 114 Å². The SMILES string of the molecule is Fc1c(Cl)cccc1CNc1ccc2cn[nH]c2c1. The molecule has 0 radical (unpaired) electrons. The number of anilines is 1. The Morgan fingerprint density at radius 3 is 3.05 bits per heavy atom. The van der Waals surface area contributed by atoms with Gasteiger partial charge < -0.3 is 5.32 Å². The van der Waals surface area contributed by atoms with Crippen LogP contribution in [0.4, 0.5) is 10.1 Å². The molecule has 96 valence electrons. The minimum Gasteiger partial charge on any atom is -0.381 e. The molecule has 0 atom stereocenters. The van der Waals surface area contributed by atoms with Crippen molar-refractivity contribution in [2.75, 3.05) is 5.32 Å². The largest absolute Gasteiger partial charge is 0.381 e. The van der Waals surface area contributed by atoms with E-state index in [1.165, 1.54) is 6.07 Å². The fourth-order valence-corrected chi connectivity index (χ4v) is 2.12. The summed E-state index contributed by atoms with van der Waals surface area (Å²) < 4.78 is 13.7. The lowest BCUT2D eigenvalue weighted by Crippen LogP contribution is -2.01. The maximum absolute atomic E-state index is 13.7. The molecule has 0 aliphatic heterocycles. The first kappa shape index (κ1) is 12.0. The van der Waals surface area contributed by atoms with Crippen molar-refractivity contribution < 1.29 is 4.39 Å². The molecule has 0 spiro atoms. The Morgan fingerprint density at radius 1 is 1.26 bits per heavy atom. The predicted molar refractivity (Wildman–Crippen MR) is 74.8 cm³/mol. The van der Waals surface area contributed by atoms with Crippen LogP contribution in [-0.2, 0) is 6.54 Å². The van der Waals surface area contributed by atoms with Gasteiger partial charge in [-0.25, -0.2) is 4.39 Å². The molecule has 0 aliphatic carbocycles. The normalized spacial score (nSPS) is 10.8. The average molecular weight is 276 g/mol. The van der Waals surface area contributed by atoms with E-state index in [1.54, 1.807) is 18.3 Å². The van der Waals surface area contributed by atoms with E-state index in [2.05, 4.69) is 15.5 Å². The van der Waals surface area contributed by atoms with E-state index < -0.39 is 0 Å². The Kier molecular flexibility index (Phi) is 3.09. The van der Waals surface area contributed by atoms with Crippen LogP contribution in [0.3, 0.4) is 0 Å². The monoisotopic (exact) mass is 275 g/mol. The highest BCUT2D eigenvalue weighted by molar-refractivity contribution is 6.30. The number of hydrogen-bond donors (Lipinski definition) is 2. The maximum atomic E-state index is 13.7. The highest BCUT2D eigenvalue weighted by Gasteiger charge is 2.06. The molecule has 1 heterocycles. The van der Waals surface area contributed by atoms with Crippen molar-refractivity contribution in [3.05, 3.63) is 59.0 Å². The fraction of sp³-hybridized carbons (Fsp3) is 0.0714. The van der Waals surface area contributed by atoms with E-state index in [1.807, 2.05) is 18.2 Å². The fourth-order valence-electron chi connectivity index (χ4n) is 1.93. The number of nitrogens with one attached hydrogen (secondary N) is 2. The van der Waals surface area contributed by atoms with Crippen LogP contribution in [0.15, 0.2) is 42.6 Å². The van der Waals surface area contributed by atoms with Crippen LogP contribution in [0.1, 0.15) is 5.56 Å². The van der Waals surface area contributed by atoms with Crippen molar-refractivity contribution in [2.24, 2.45) is 0 Å². The van der Waals surface area contributed by atoms with Gasteiger partial charge in [-0.1, -0.05) is 23.7 Å². The standard InChI is InChI=1S/C14H11ClFN3/c15-12-3-1-2-10(14(12)16)7-17-11-5-4-9-8-18-19-13(9)6-11/h1-6,8,17H,7H2,(H,18,19). The van der Waals surface area contributed by atoms with Gasteiger partial charge in [-0.05, 0) is 24.3 Å². The van der Waals surface area contributed by atoms with Gasteiger partial charge in [0.05, 0.1) is 16.7 Å². The lowest BCUT2D eigenvalue weighted by Gasteiger charge is -2.08. The zero-order valence-electron chi connectivity index (χ0n) is 9.95. The van der Waals surface area contributed by atoms with Gasteiger partial charge >= 0.3 is 0 Å². The van der Waals surface area contributed by atoms with Crippen LogP contribution in [0, 0.1) is 5.82 Å². The van der Waals surface area contributed by atoms with Gasteiger partial charge in [0.2, 0.25) is 0 Å². The lowest BCUT2D eigenvalue weighted by molar-refractivity contribution is 0.613. The predicted octanol–water partition coefficient (Wildman–Crippen LogP) is 3.97. The van der Waals surface area contributed by atoms with Crippen molar-refractivity contribution in [1.82, 2.24) is 10.2 Å². The molecule has 1 aromatic heterocycles. The Morgan fingerprint density at radius 2 is 2.16 bits per heavy atom. The van der Waals surface area contributed by atoms with Crippen LogP contribution >= 0.6 is 11.6 Å². The molecule has 0 saturated carbocycles. The highest BCUT2D eigenvalue weighted by Crippen LogP contribution is 2.20. The molecule has 2 N–H and O–H groups in total. The Balaban J connectivity index is 1.80. The van der Waals surface area contributed by atoms with Crippen LogP contribution in [-0.4, -0.2) is 10.2 Å². The van der Waals surface area contributed by atoms with E-state index in [9.17, 15) is 4.39 Å². The number of fused-ring (bicyclic) bond motifs is 1. The average Bonchev–Trinajstić information content (AvgIpc) is 2.88. The van der Waals surface area contributed by atoms with Crippen molar-refractivity contribution in [1.29, 1.82) is 0 Å². The second kappa shape index (κ2) is 4.90. The molecule has 0 aliphatic rings. The zero-order valence-corrected chi connectivity index (χ0v) is 10.7. The number of rotatable bonds is 3. The number of H-pyrrole nitrogens is 1. The molecule has 0 amide bonds. The number of aromatic nitrogens is 2. The number of halogens is 2. The Bertz CT molecular complexity index is 724. The van der Waals surface area contributed by atoms with E-state index in [0.717, 1.165) is 16.6 Å². The molecule has 3 nitrogen and oxygen atoms in total. The van der Waals surface area contributed by atoms with E-state index >= 15 is 0 Å². The third kappa shape index (κ3) is 2.39. The zero-order chi connectivity index (χ0) is 13.2. The molecule has 3 aromatic rings. The quantitative estimate of drug-likeness (QED) is 0.759. The molecule has 0 saturated heterocycles. The summed E-state index contributed by atoms with van der Waals surface area (Å²) in [7, 11) is 0. The van der Waals surface area contributed by atoms with Crippen LogP contribution in [0.5, 0.6) is 0 Å². The van der Waals surface area contributed by atoms with Crippen LogP contribution in [0.2, 0.25) is 5.02 Å². The van der Waals surface area contributed by atoms with Gasteiger partial charge in [-0.3, -0.25) is 5.10 Å². The van der Waals surface area contributed by atoms with Crippen LogP contribution < -0.4 is 5.32 Å². The second-order valence-electron chi connectivity index (χ2n) is 4.24. The number of benzene rings is 2. The molecule has 19 heavy (non-hydrogen) atoms. The maximum Gasteiger partial charge on any atom is 0.146 e. The Hall–Kier alpha value is -2.07. The minimum absolute atomic E-state index is 0.142. The highest BCUT2D eigenvalue weighted by atomic mass is 35.5. The molecule has 3 rings (SSSR count). The number of aromatic amines is 1. The van der Waals surface area contributed by atoms with Crippen molar-refractivity contribution in [3.63, 3.8) is 0 Å². The van der Waals surface area contributed by atoms with Crippen molar-refractivity contribution in [2.45, 2.75) is 6.54 Å². The van der Waals surface area contributed by atoms with Crippen LogP contribution in [0.25, 0.3) is 10.9 Å². The van der Waals surface area contributed by atoms with E-state index in [4.69, 9.17) is 11.6 Å². The summed E-state index contributed by atoms with van der Waals surface area (Å²) in [6, 6.07) is 10.8. The summed E-state index contributed by atoms with van der Waals surface area (Å²) in [4.78, 5) is 0. The molecule has 2 aromatic carbocycles. The molecular formula is C14H11ClFN3. The molecule has 0 bridgehead atoms. The van der Waals surface area contributed by atoms with Gasteiger partial charge in [0.1, 0.15) is 5.82 Å². The summed E-state index contributed by atoms with van der Waals surface area (Å²) in [5.41, 5.74) is 2.38. The topological polar surface area (TPSA) is 40.7 Å². The van der Waals surface area contributed by atoms with Crippen molar-refractivity contribution >= 4 is 28.2 Å². The summed E-state index contributed by atoms with van der Waals surface area (Å²) in [6.45, 7) is 0.381. The molecule has 0 fully saturated rings. The van der Waals surface area contributed by atoms with Crippen molar-refractivity contribution in [3.8, 4) is 0 Å². The molecular weight excluding hydrogens is 265 g/mol.